The van der Waals surface area contributed by atoms with Crippen molar-refractivity contribution in [1.82, 2.24) is 5.32 Å². The second kappa shape index (κ2) is 7.60. The van der Waals surface area contributed by atoms with Crippen LogP contribution < -0.4 is 11.1 Å². The Morgan fingerprint density at radius 1 is 1.19 bits per heavy atom. The Labute approximate surface area is 129 Å². The molecule has 0 aliphatic carbocycles. The first-order chi connectivity index (χ1) is 9.74. The monoisotopic (exact) mass is 290 g/mol. The Morgan fingerprint density at radius 2 is 1.76 bits per heavy atom. The van der Waals surface area contributed by atoms with E-state index in [1.54, 1.807) is 0 Å². The first-order valence-electron chi connectivity index (χ1n) is 7.80. The maximum Gasteiger partial charge on any atom is 0.225 e. The van der Waals surface area contributed by atoms with Crippen LogP contribution in [0.25, 0.3) is 0 Å². The van der Waals surface area contributed by atoms with Gasteiger partial charge in [0.25, 0.3) is 0 Å². The molecule has 21 heavy (non-hydrogen) atoms. The summed E-state index contributed by atoms with van der Waals surface area (Å²) in [6.07, 6.45) is 0.901. The molecule has 0 heterocycles. The summed E-state index contributed by atoms with van der Waals surface area (Å²) < 4.78 is 0. The molecular weight excluding hydrogens is 260 g/mol. The highest BCUT2D eigenvalue weighted by Crippen LogP contribution is 2.29. The van der Waals surface area contributed by atoms with Crippen LogP contribution in [0.15, 0.2) is 30.3 Å². The number of hydrogen-bond donors (Lipinski definition) is 2. The highest BCUT2D eigenvalue weighted by atomic mass is 16.2. The first kappa shape index (κ1) is 17.7. The summed E-state index contributed by atoms with van der Waals surface area (Å²) in [6.45, 7) is 11.0. The number of nitrogens with two attached hydrogens (primary N) is 1. The molecule has 0 fully saturated rings. The summed E-state index contributed by atoms with van der Waals surface area (Å²) in [5.74, 6) is 0.183. The van der Waals surface area contributed by atoms with Gasteiger partial charge < -0.3 is 11.1 Å². The molecule has 0 spiro atoms. The standard InChI is InChI=1S/C18H30N2O/c1-13(2)15(12-19)17(21)20-16(11-18(3,4)5)14-9-7-6-8-10-14/h6-10,13,15-16H,11-12,19H2,1-5H3,(H,20,21). The fraction of sp³-hybridized carbons (Fsp3) is 0.611. The molecule has 1 rings (SSSR count). The fourth-order valence-electron chi connectivity index (χ4n) is 2.51. The molecule has 3 nitrogen and oxygen atoms in total. The minimum Gasteiger partial charge on any atom is -0.349 e. The molecule has 2 unspecified atom stereocenters. The summed E-state index contributed by atoms with van der Waals surface area (Å²) in [5, 5.41) is 3.20. The molecule has 1 aromatic rings. The van der Waals surface area contributed by atoms with Crippen LogP contribution in [-0.4, -0.2) is 12.5 Å². The molecule has 0 aliphatic heterocycles. The van der Waals surface area contributed by atoms with Crippen molar-refractivity contribution >= 4 is 5.91 Å². The van der Waals surface area contributed by atoms with Gasteiger partial charge in [-0.3, -0.25) is 4.79 Å². The van der Waals surface area contributed by atoms with Gasteiger partial charge in [0.2, 0.25) is 5.91 Å². The predicted octanol–water partition coefficient (Wildman–Crippen LogP) is 3.51. The van der Waals surface area contributed by atoms with Crippen LogP contribution in [-0.2, 0) is 4.79 Å². The number of hydrogen-bond acceptors (Lipinski definition) is 2. The summed E-state index contributed by atoms with van der Waals surface area (Å²) >= 11 is 0. The van der Waals surface area contributed by atoms with E-state index in [1.807, 2.05) is 32.0 Å². The highest BCUT2D eigenvalue weighted by molar-refractivity contribution is 5.79. The molecule has 0 aromatic heterocycles. The molecule has 3 heteroatoms. The van der Waals surface area contributed by atoms with Crippen LogP contribution in [0.5, 0.6) is 0 Å². The number of carbonyl (C=O) groups excluding carboxylic acids is 1. The van der Waals surface area contributed by atoms with Crippen LogP contribution in [0.4, 0.5) is 0 Å². The lowest BCUT2D eigenvalue weighted by atomic mass is 9.85. The maximum absolute atomic E-state index is 12.5. The molecular formula is C18H30N2O. The van der Waals surface area contributed by atoms with Gasteiger partial charge in [0.05, 0.1) is 12.0 Å². The second-order valence-electron chi connectivity index (χ2n) is 7.32. The first-order valence-corrected chi connectivity index (χ1v) is 7.80. The van der Waals surface area contributed by atoms with Gasteiger partial charge in [-0.05, 0) is 23.3 Å². The SMILES string of the molecule is CC(C)C(CN)C(=O)NC(CC(C)(C)C)c1ccccc1. The third-order valence-corrected chi connectivity index (χ3v) is 3.73. The third kappa shape index (κ3) is 5.88. The van der Waals surface area contributed by atoms with Crippen LogP contribution in [0.3, 0.4) is 0 Å². The fourth-order valence-corrected chi connectivity index (χ4v) is 2.51. The van der Waals surface area contributed by atoms with Crippen molar-refractivity contribution in [3.63, 3.8) is 0 Å². The van der Waals surface area contributed by atoms with Gasteiger partial charge in [-0.1, -0.05) is 65.0 Å². The van der Waals surface area contributed by atoms with Crippen molar-refractivity contribution in [3.8, 4) is 0 Å². The summed E-state index contributed by atoms with van der Waals surface area (Å²) in [6, 6.07) is 10.2. The van der Waals surface area contributed by atoms with Gasteiger partial charge >= 0.3 is 0 Å². The molecule has 118 valence electrons. The van der Waals surface area contributed by atoms with Crippen LogP contribution >= 0.6 is 0 Å². The van der Waals surface area contributed by atoms with Crippen molar-refractivity contribution in [2.24, 2.45) is 23.0 Å². The molecule has 0 aliphatic rings. The van der Waals surface area contributed by atoms with E-state index < -0.39 is 0 Å². The zero-order valence-electron chi connectivity index (χ0n) is 14.0. The molecule has 2 atom stereocenters. The molecule has 0 bridgehead atoms. The van der Waals surface area contributed by atoms with Gasteiger partial charge in [0, 0.05) is 6.54 Å². The quantitative estimate of drug-likeness (QED) is 0.842. The van der Waals surface area contributed by atoms with Crippen molar-refractivity contribution in [3.05, 3.63) is 35.9 Å². The minimum atomic E-state index is -0.129. The van der Waals surface area contributed by atoms with Gasteiger partial charge in [-0.25, -0.2) is 0 Å². The van der Waals surface area contributed by atoms with E-state index in [0.29, 0.717) is 6.54 Å². The lowest BCUT2D eigenvalue weighted by Gasteiger charge is -2.29. The van der Waals surface area contributed by atoms with Crippen LogP contribution in [0, 0.1) is 17.3 Å². The zero-order valence-corrected chi connectivity index (χ0v) is 14.0. The van der Waals surface area contributed by atoms with Gasteiger partial charge in [-0.15, -0.1) is 0 Å². The van der Waals surface area contributed by atoms with Crippen LogP contribution in [0.2, 0.25) is 0 Å². The minimum absolute atomic E-state index is 0.0338. The average molecular weight is 290 g/mol. The number of carbonyl (C=O) groups is 1. The van der Waals surface area contributed by atoms with Gasteiger partial charge in [-0.2, -0.15) is 0 Å². The molecule has 1 amide bonds. The average Bonchev–Trinajstić information content (AvgIpc) is 2.37. The van der Waals surface area contributed by atoms with Gasteiger partial charge in [0.1, 0.15) is 0 Å². The van der Waals surface area contributed by atoms with E-state index in [0.717, 1.165) is 12.0 Å². The Hall–Kier alpha value is -1.35. The van der Waals surface area contributed by atoms with E-state index in [2.05, 4.69) is 38.2 Å². The molecule has 0 saturated heterocycles. The highest BCUT2D eigenvalue weighted by Gasteiger charge is 2.26. The Kier molecular flexibility index (Phi) is 6.41. The lowest BCUT2D eigenvalue weighted by molar-refractivity contribution is -0.126. The predicted molar refractivity (Wildman–Crippen MR) is 88.8 cm³/mol. The third-order valence-electron chi connectivity index (χ3n) is 3.73. The Balaban J connectivity index is 2.90. The Bertz CT molecular complexity index is 434. The second-order valence-corrected chi connectivity index (χ2v) is 7.32. The van der Waals surface area contributed by atoms with Crippen molar-refractivity contribution < 1.29 is 4.79 Å². The summed E-state index contributed by atoms with van der Waals surface area (Å²) in [7, 11) is 0. The normalized spacial score (nSPS) is 14.8. The van der Waals surface area contributed by atoms with E-state index in [1.165, 1.54) is 0 Å². The zero-order chi connectivity index (χ0) is 16.0. The Morgan fingerprint density at radius 3 is 2.19 bits per heavy atom. The smallest absolute Gasteiger partial charge is 0.225 e. The lowest BCUT2D eigenvalue weighted by Crippen LogP contribution is -2.40. The molecule has 0 saturated carbocycles. The molecule has 0 radical (unpaired) electrons. The van der Waals surface area contributed by atoms with Crippen molar-refractivity contribution in [2.45, 2.75) is 47.1 Å². The van der Waals surface area contributed by atoms with E-state index in [4.69, 9.17) is 5.73 Å². The van der Waals surface area contributed by atoms with Crippen molar-refractivity contribution in [2.75, 3.05) is 6.54 Å². The van der Waals surface area contributed by atoms with E-state index in [-0.39, 0.29) is 29.2 Å². The number of benzene rings is 1. The largest absolute Gasteiger partial charge is 0.349 e. The molecule has 3 N–H and O–H groups in total. The summed E-state index contributed by atoms with van der Waals surface area (Å²) in [4.78, 5) is 12.5. The van der Waals surface area contributed by atoms with Crippen LogP contribution in [0.1, 0.15) is 52.6 Å². The maximum atomic E-state index is 12.5. The van der Waals surface area contributed by atoms with Crippen molar-refractivity contribution in [1.29, 1.82) is 0 Å². The number of rotatable bonds is 6. The number of nitrogens with one attached hydrogen (secondary N) is 1. The van der Waals surface area contributed by atoms with Gasteiger partial charge in [0.15, 0.2) is 0 Å². The number of amides is 1. The topological polar surface area (TPSA) is 55.1 Å². The molecule has 1 aromatic carbocycles. The van der Waals surface area contributed by atoms with E-state index >= 15 is 0 Å². The summed E-state index contributed by atoms with van der Waals surface area (Å²) in [5.41, 5.74) is 7.05. The van der Waals surface area contributed by atoms with E-state index in [9.17, 15) is 4.79 Å².